The molecule has 0 radical (unpaired) electrons. The Morgan fingerprint density at radius 3 is 2.50 bits per heavy atom. The maximum absolute atomic E-state index is 11.5. The van der Waals surface area contributed by atoms with Crippen LogP contribution in [0.4, 0.5) is 0 Å². The molecule has 0 aliphatic carbocycles. The van der Waals surface area contributed by atoms with E-state index in [1.807, 2.05) is 6.92 Å². The second-order valence-corrected chi connectivity index (χ2v) is 3.30. The number of hydrogen-bond acceptors (Lipinski definition) is 3. The lowest BCUT2D eigenvalue weighted by Crippen LogP contribution is -2.50. The minimum absolute atomic E-state index is 0.123. The summed E-state index contributed by atoms with van der Waals surface area (Å²) < 4.78 is 0. The zero-order valence-corrected chi connectivity index (χ0v) is 8.53. The summed E-state index contributed by atoms with van der Waals surface area (Å²) in [5.41, 5.74) is 0. The molecule has 1 fully saturated rings. The Morgan fingerprint density at radius 2 is 2.00 bits per heavy atom. The fraction of sp³-hybridized carbons (Fsp3) is 0.778. The van der Waals surface area contributed by atoms with Crippen molar-refractivity contribution in [3.8, 4) is 0 Å². The van der Waals surface area contributed by atoms with Crippen LogP contribution in [-0.4, -0.2) is 61.4 Å². The topological polar surface area (TPSA) is 52.7 Å². The second kappa shape index (κ2) is 5.59. The normalized spacial score (nSPS) is 16.9. The summed E-state index contributed by atoms with van der Waals surface area (Å²) in [4.78, 5) is 25.4. The van der Waals surface area contributed by atoms with Gasteiger partial charge in [0.2, 0.25) is 12.3 Å². The second-order valence-electron chi connectivity index (χ2n) is 3.30. The predicted molar refractivity (Wildman–Crippen MR) is 52.8 cm³/mol. The molecule has 0 aromatic rings. The fourth-order valence-electron chi connectivity index (χ4n) is 1.42. The average molecular weight is 199 g/mol. The molecule has 1 rings (SSSR count). The van der Waals surface area contributed by atoms with Gasteiger partial charge in [0.15, 0.2) is 0 Å². The van der Waals surface area contributed by atoms with Gasteiger partial charge in [-0.15, -0.1) is 0 Å². The van der Waals surface area contributed by atoms with Crippen LogP contribution in [0.3, 0.4) is 0 Å². The number of nitrogens with zero attached hydrogens (tertiary/aromatic N) is 2. The van der Waals surface area contributed by atoms with Crippen LogP contribution in [0.1, 0.15) is 6.92 Å². The van der Waals surface area contributed by atoms with Gasteiger partial charge in [-0.2, -0.15) is 0 Å². The number of carbonyl (C=O) groups excluding carboxylic acids is 2. The Kier molecular flexibility index (Phi) is 4.39. The third-order valence-corrected chi connectivity index (χ3v) is 2.34. The van der Waals surface area contributed by atoms with Crippen LogP contribution in [-0.2, 0) is 9.59 Å². The van der Waals surface area contributed by atoms with Gasteiger partial charge in [-0.1, -0.05) is 6.92 Å². The first-order chi connectivity index (χ1) is 6.77. The number of rotatable bonds is 4. The van der Waals surface area contributed by atoms with Crippen molar-refractivity contribution in [1.29, 1.82) is 0 Å². The van der Waals surface area contributed by atoms with E-state index in [-0.39, 0.29) is 5.91 Å². The van der Waals surface area contributed by atoms with Crippen molar-refractivity contribution in [2.45, 2.75) is 6.92 Å². The Labute approximate surface area is 84.0 Å². The number of likely N-dealkylation sites (N-methyl/N-ethyl adjacent to an activating group) is 1. The lowest BCUT2D eigenvalue weighted by molar-refractivity contribution is -0.134. The molecule has 1 heterocycles. The number of hydrogen-bond donors (Lipinski definition) is 1. The SMILES string of the molecule is CCNCC(=O)N1CCN(C=O)CC1. The van der Waals surface area contributed by atoms with Crippen molar-refractivity contribution in [3.63, 3.8) is 0 Å². The molecule has 1 saturated heterocycles. The first kappa shape index (κ1) is 11.0. The summed E-state index contributed by atoms with van der Waals surface area (Å²) in [5, 5.41) is 3.00. The maximum Gasteiger partial charge on any atom is 0.236 e. The molecule has 1 aliphatic rings. The van der Waals surface area contributed by atoms with Crippen molar-refractivity contribution in [2.24, 2.45) is 0 Å². The average Bonchev–Trinajstić information content (AvgIpc) is 2.26. The summed E-state index contributed by atoms with van der Waals surface area (Å²) in [7, 11) is 0. The van der Waals surface area contributed by atoms with Gasteiger partial charge < -0.3 is 15.1 Å². The summed E-state index contributed by atoms with van der Waals surface area (Å²) in [6.07, 6.45) is 0.839. The molecule has 0 saturated carbocycles. The largest absolute Gasteiger partial charge is 0.342 e. The molecular formula is C9H17N3O2. The summed E-state index contributed by atoms with van der Waals surface area (Å²) >= 11 is 0. The highest BCUT2D eigenvalue weighted by Crippen LogP contribution is 1.99. The summed E-state index contributed by atoms with van der Waals surface area (Å²) in [5.74, 6) is 0.123. The van der Waals surface area contributed by atoms with E-state index >= 15 is 0 Å². The zero-order valence-electron chi connectivity index (χ0n) is 8.53. The van der Waals surface area contributed by atoms with Gasteiger partial charge in [-0.05, 0) is 6.54 Å². The Morgan fingerprint density at radius 1 is 1.36 bits per heavy atom. The fourth-order valence-corrected chi connectivity index (χ4v) is 1.42. The first-order valence-electron chi connectivity index (χ1n) is 4.95. The molecule has 5 heteroatoms. The van der Waals surface area contributed by atoms with Crippen LogP contribution in [0.15, 0.2) is 0 Å². The molecule has 0 bridgehead atoms. The van der Waals surface area contributed by atoms with Crippen LogP contribution in [0.5, 0.6) is 0 Å². The molecule has 1 N–H and O–H groups in total. The Balaban J connectivity index is 2.26. The van der Waals surface area contributed by atoms with Gasteiger partial charge in [0, 0.05) is 26.2 Å². The molecule has 0 aromatic heterocycles. The third-order valence-electron chi connectivity index (χ3n) is 2.34. The van der Waals surface area contributed by atoms with Crippen molar-refractivity contribution < 1.29 is 9.59 Å². The molecule has 5 nitrogen and oxygen atoms in total. The van der Waals surface area contributed by atoms with Crippen LogP contribution < -0.4 is 5.32 Å². The number of carbonyl (C=O) groups is 2. The van der Waals surface area contributed by atoms with Gasteiger partial charge in [-0.3, -0.25) is 9.59 Å². The van der Waals surface area contributed by atoms with Crippen molar-refractivity contribution in [3.05, 3.63) is 0 Å². The van der Waals surface area contributed by atoms with Gasteiger partial charge in [0.05, 0.1) is 6.54 Å². The third kappa shape index (κ3) is 2.99. The Bertz CT molecular complexity index is 200. The smallest absolute Gasteiger partial charge is 0.236 e. The van der Waals surface area contributed by atoms with Gasteiger partial charge in [-0.25, -0.2) is 0 Å². The number of amides is 2. The standard InChI is InChI=1S/C9H17N3O2/c1-2-10-7-9(14)12-5-3-11(8-13)4-6-12/h8,10H,2-7H2,1H3. The lowest BCUT2D eigenvalue weighted by Gasteiger charge is -2.32. The van der Waals surface area contributed by atoms with Crippen molar-refractivity contribution in [1.82, 2.24) is 15.1 Å². The molecule has 0 unspecified atom stereocenters. The van der Waals surface area contributed by atoms with E-state index in [9.17, 15) is 9.59 Å². The lowest BCUT2D eigenvalue weighted by atomic mass is 10.3. The first-order valence-corrected chi connectivity index (χ1v) is 4.95. The highest BCUT2D eigenvalue weighted by molar-refractivity contribution is 5.78. The molecule has 0 atom stereocenters. The molecule has 14 heavy (non-hydrogen) atoms. The summed E-state index contributed by atoms with van der Waals surface area (Å²) in [6, 6.07) is 0. The van der Waals surface area contributed by atoms with Gasteiger partial charge in [0.1, 0.15) is 0 Å². The monoisotopic (exact) mass is 199 g/mol. The number of piperazine rings is 1. The predicted octanol–water partition coefficient (Wildman–Crippen LogP) is -1.10. The van der Waals surface area contributed by atoms with E-state index in [1.54, 1.807) is 9.80 Å². The maximum atomic E-state index is 11.5. The van der Waals surface area contributed by atoms with Crippen LogP contribution in [0.2, 0.25) is 0 Å². The quantitative estimate of drug-likeness (QED) is 0.585. The molecule has 80 valence electrons. The Hall–Kier alpha value is -1.10. The van der Waals surface area contributed by atoms with Gasteiger partial charge in [0.25, 0.3) is 0 Å². The van der Waals surface area contributed by atoms with Crippen LogP contribution in [0, 0.1) is 0 Å². The van der Waals surface area contributed by atoms with E-state index < -0.39 is 0 Å². The van der Waals surface area contributed by atoms with Gasteiger partial charge >= 0.3 is 0 Å². The van der Waals surface area contributed by atoms with Crippen LogP contribution >= 0.6 is 0 Å². The van der Waals surface area contributed by atoms with E-state index in [4.69, 9.17) is 0 Å². The van der Waals surface area contributed by atoms with Crippen LogP contribution in [0.25, 0.3) is 0 Å². The van der Waals surface area contributed by atoms with E-state index in [1.165, 1.54) is 0 Å². The zero-order chi connectivity index (χ0) is 10.4. The number of nitrogens with one attached hydrogen (secondary N) is 1. The molecule has 2 amide bonds. The minimum atomic E-state index is 0.123. The highest BCUT2D eigenvalue weighted by atomic mass is 16.2. The van der Waals surface area contributed by atoms with Crippen molar-refractivity contribution in [2.75, 3.05) is 39.3 Å². The summed E-state index contributed by atoms with van der Waals surface area (Å²) in [6.45, 7) is 5.80. The molecule has 1 aliphatic heterocycles. The van der Waals surface area contributed by atoms with E-state index in [0.29, 0.717) is 32.7 Å². The van der Waals surface area contributed by atoms with E-state index in [0.717, 1.165) is 13.0 Å². The molecule has 0 aromatic carbocycles. The molecular weight excluding hydrogens is 182 g/mol. The highest BCUT2D eigenvalue weighted by Gasteiger charge is 2.19. The molecule has 0 spiro atoms. The minimum Gasteiger partial charge on any atom is -0.342 e. The van der Waals surface area contributed by atoms with Crippen molar-refractivity contribution >= 4 is 12.3 Å². The van der Waals surface area contributed by atoms with E-state index in [2.05, 4.69) is 5.32 Å².